The third-order valence-electron chi connectivity index (χ3n) is 3.11. The highest BCUT2D eigenvalue weighted by Crippen LogP contribution is 2.13. The highest BCUT2D eigenvalue weighted by molar-refractivity contribution is 6.30. The van der Waals surface area contributed by atoms with Crippen molar-refractivity contribution in [2.75, 3.05) is 0 Å². The Bertz CT molecular complexity index is 572. The van der Waals surface area contributed by atoms with Gasteiger partial charge in [0.1, 0.15) is 0 Å². The Labute approximate surface area is 124 Å². The lowest BCUT2D eigenvalue weighted by atomic mass is 10.1. The minimum absolute atomic E-state index is 0.00939. The van der Waals surface area contributed by atoms with E-state index in [1.54, 1.807) is 12.4 Å². The van der Waals surface area contributed by atoms with Crippen LogP contribution in [0.4, 0.5) is 0 Å². The molecule has 104 valence electrons. The molecule has 2 aromatic rings. The first-order chi connectivity index (χ1) is 9.65. The van der Waals surface area contributed by atoms with Crippen LogP contribution in [0.1, 0.15) is 30.5 Å². The van der Waals surface area contributed by atoms with Crippen LogP contribution >= 0.6 is 11.6 Å². The molecule has 0 radical (unpaired) electrons. The molecule has 0 aliphatic rings. The minimum Gasteiger partial charge on any atom is -0.350 e. The molecule has 1 unspecified atom stereocenters. The van der Waals surface area contributed by atoms with Crippen molar-refractivity contribution in [3.05, 3.63) is 64.9 Å². The van der Waals surface area contributed by atoms with Gasteiger partial charge in [-0.1, -0.05) is 23.7 Å². The Morgan fingerprint density at radius 2 is 2.05 bits per heavy atom. The zero-order valence-corrected chi connectivity index (χ0v) is 12.1. The van der Waals surface area contributed by atoms with E-state index < -0.39 is 0 Å². The monoisotopic (exact) mass is 288 g/mol. The summed E-state index contributed by atoms with van der Waals surface area (Å²) in [6, 6.07) is 11.4. The molecule has 1 N–H and O–H groups in total. The quantitative estimate of drug-likeness (QED) is 0.914. The number of nitrogens with one attached hydrogen (secondary N) is 1. The summed E-state index contributed by atoms with van der Waals surface area (Å²) in [5, 5.41) is 3.68. The lowest BCUT2D eigenvalue weighted by Crippen LogP contribution is -2.26. The fraction of sp³-hybridized carbons (Fsp3) is 0.250. The van der Waals surface area contributed by atoms with E-state index in [-0.39, 0.29) is 11.9 Å². The smallest absolute Gasteiger partial charge is 0.220 e. The van der Waals surface area contributed by atoms with Gasteiger partial charge in [-0.25, -0.2) is 0 Å². The number of benzene rings is 1. The van der Waals surface area contributed by atoms with E-state index in [4.69, 9.17) is 11.6 Å². The van der Waals surface area contributed by atoms with Gasteiger partial charge in [0.25, 0.3) is 0 Å². The zero-order valence-electron chi connectivity index (χ0n) is 11.3. The number of carbonyl (C=O) groups excluding carboxylic acids is 1. The van der Waals surface area contributed by atoms with E-state index in [2.05, 4.69) is 10.3 Å². The van der Waals surface area contributed by atoms with Crippen LogP contribution in [0, 0.1) is 0 Å². The van der Waals surface area contributed by atoms with Gasteiger partial charge in [0.15, 0.2) is 0 Å². The van der Waals surface area contributed by atoms with E-state index in [0.717, 1.165) is 11.1 Å². The first-order valence-corrected chi connectivity index (χ1v) is 6.96. The lowest BCUT2D eigenvalue weighted by molar-refractivity contribution is -0.121. The molecule has 0 bridgehead atoms. The number of aromatic nitrogens is 1. The van der Waals surface area contributed by atoms with Gasteiger partial charge in [0.2, 0.25) is 5.91 Å². The molecule has 1 heterocycles. The lowest BCUT2D eigenvalue weighted by Gasteiger charge is -2.14. The number of hydrogen-bond acceptors (Lipinski definition) is 2. The molecule has 0 saturated carbocycles. The number of amides is 1. The molecule has 2 rings (SSSR count). The zero-order chi connectivity index (χ0) is 14.4. The largest absolute Gasteiger partial charge is 0.350 e. The molecular formula is C16H17ClN2O. The molecule has 20 heavy (non-hydrogen) atoms. The van der Waals surface area contributed by atoms with Crippen LogP contribution in [0.5, 0.6) is 0 Å². The van der Waals surface area contributed by atoms with Gasteiger partial charge in [-0.2, -0.15) is 0 Å². The van der Waals surface area contributed by atoms with Crippen LogP contribution in [0.3, 0.4) is 0 Å². The molecule has 0 spiro atoms. The predicted octanol–water partition coefficient (Wildman–Crippen LogP) is 3.55. The molecule has 4 heteroatoms. The molecule has 0 saturated heterocycles. The fourth-order valence-corrected chi connectivity index (χ4v) is 2.21. The van der Waals surface area contributed by atoms with Crippen LogP contribution in [0.15, 0.2) is 48.8 Å². The summed E-state index contributed by atoms with van der Waals surface area (Å²) in [6.07, 6.45) is 4.60. The summed E-state index contributed by atoms with van der Waals surface area (Å²) >= 11 is 5.92. The first kappa shape index (κ1) is 14.5. The Balaban J connectivity index is 1.84. The van der Waals surface area contributed by atoms with Crippen molar-refractivity contribution < 1.29 is 4.79 Å². The molecule has 1 atom stereocenters. The van der Waals surface area contributed by atoms with Crippen molar-refractivity contribution in [2.24, 2.45) is 0 Å². The minimum atomic E-state index is -0.00939. The third kappa shape index (κ3) is 4.35. The topological polar surface area (TPSA) is 42.0 Å². The Kier molecular flexibility index (Phi) is 5.13. The van der Waals surface area contributed by atoms with E-state index >= 15 is 0 Å². The number of carbonyl (C=O) groups is 1. The van der Waals surface area contributed by atoms with Crippen LogP contribution in [-0.2, 0) is 11.2 Å². The second-order valence-corrected chi connectivity index (χ2v) is 5.14. The van der Waals surface area contributed by atoms with Crippen molar-refractivity contribution >= 4 is 17.5 Å². The maximum Gasteiger partial charge on any atom is 0.220 e. The van der Waals surface area contributed by atoms with E-state index in [1.165, 1.54) is 0 Å². The maximum absolute atomic E-state index is 11.9. The third-order valence-corrected chi connectivity index (χ3v) is 3.35. The molecule has 0 aliphatic heterocycles. The molecule has 1 aromatic heterocycles. The highest BCUT2D eigenvalue weighted by atomic mass is 35.5. The average Bonchev–Trinajstić information content (AvgIpc) is 2.46. The SMILES string of the molecule is CC(NC(=O)CCc1cccc(Cl)c1)c1ccncc1. The summed E-state index contributed by atoms with van der Waals surface area (Å²) in [5.41, 5.74) is 2.13. The summed E-state index contributed by atoms with van der Waals surface area (Å²) in [4.78, 5) is 15.9. The molecular weight excluding hydrogens is 272 g/mol. The second-order valence-electron chi connectivity index (χ2n) is 4.70. The number of hydrogen-bond donors (Lipinski definition) is 1. The van der Waals surface area contributed by atoms with Gasteiger partial charge >= 0.3 is 0 Å². The van der Waals surface area contributed by atoms with Crippen LogP contribution in [0.25, 0.3) is 0 Å². The van der Waals surface area contributed by atoms with Crippen molar-refractivity contribution in [1.82, 2.24) is 10.3 Å². The summed E-state index contributed by atoms with van der Waals surface area (Å²) in [5.74, 6) is 0.0364. The van der Waals surface area contributed by atoms with Gasteiger partial charge in [0, 0.05) is 23.8 Å². The van der Waals surface area contributed by atoms with Gasteiger partial charge in [-0.05, 0) is 48.7 Å². The second kappa shape index (κ2) is 7.06. The predicted molar refractivity (Wildman–Crippen MR) is 80.6 cm³/mol. The van der Waals surface area contributed by atoms with Crippen molar-refractivity contribution in [3.63, 3.8) is 0 Å². The molecule has 1 aromatic carbocycles. The Morgan fingerprint density at radius 1 is 1.30 bits per heavy atom. The molecule has 3 nitrogen and oxygen atoms in total. The van der Waals surface area contributed by atoms with Crippen molar-refractivity contribution in [2.45, 2.75) is 25.8 Å². The Morgan fingerprint density at radius 3 is 2.75 bits per heavy atom. The molecule has 1 amide bonds. The fourth-order valence-electron chi connectivity index (χ4n) is 2.00. The van der Waals surface area contributed by atoms with Gasteiger partial charge in [-0.3, -0.25) is 9.78 Å². The molecule has 0 aliphatic carbocycles. The number of nitrogens with zero attached hydrogens (tertiary/aromatic N) is 1. The van der Waals surface area contributed by atoms with Crippen molar-refractivity contribution in [1.29, 1.82) is 0 Å². The van der Waals surface area contributed by atoms with E-state index in [1.807, 2.05) is 43.3 Å². The average molecular weight is 289 g/mol. The van der Waals surface area contributed by atoms with E-state index in [9.17, 15) is 4.79 Å². The number of aryl methyl sites for hydroxylation is 1. The van der Waals surface area contributed by atoms with Gasteiger partial charge < -0.3 is 5.32 Å². The van der Waals surface area contributed by atoms with Crippen LogP contribution < -0.4 is 5.32 Å². The maximum atomic E-state index is 11.9. The number of halogens is 1. The molecule has 0 fully saturated rings. The highest BCUT2D eigenvalue weighted by Gasteiger charge is 2.09. The van der Waals surface area contributed by atoms with E-state index in [0.29, 0.717) is 17.9 Å². The van der Waals surface area contributed by atoms with Crippen molar-refractivity contribution in [3.8, 4) is 0 Å². The Hall–Kier alpha value is -1.87. The summed E-state index contributed by atoms with van der Waals surface area (Å²) in [7, 11) is 0. The summed E-state index contributed by atoms with van der Waals surface area (Å²) in [6.45, 7) is 1.96. The first-order valence-electron chi connectivity index (χ1n) is 6.59. The standard InChI is InChI=1S/C16H17ClN2O/c1-12(14-7-9-18-10-8-14)19-16(20)6-5-13-3-2-4-15(17)11-13/h2-4,7-12H,5-6H2,1H3,(H,19,20). The van der Waals surface area contributed by atoms with Gasteiger partial charge in [-0.15, -0.1) is 0 Å². The number of pyridine rings is 1. The van der Waals surface area contributed by atoms with Crippen LogP contribution in [0.2, 0.25) is 5.02 Å². The number of rotatable bonds is 5. The van der Waals surface area contributed by atoms with Crippen LogP contribution in [-0.4, -0.2) is 10.9 Å². The normalized spacial score (nSPS) is 11.9. The van der Waals surface area contributed by atoms with Gasteiger partial charge in [0.05, 0.1) is 6.04 Å². The summed E-state index contributed by atoms with van der Waals surface area (Å²) < 4.78 is 0.